The van der Waals surface area contributed by atoms with Crippen LogP contribution in [0.25, 0.3) is 0 Å². The van der Waals surface area contributed by atoms with Crippen LogP contribution in [0.4, 0.5) is 0 Å². The maximum Gasteiger partial charge on any atom is 0.268 e. The molecule has 0 fully saturated rings. The van der Waals surface area contributed by atoms with Gasteiger partial charge in [-0.05, 0) is 64.2 Å². The number of likely N-dealkylation sites (N-methyl/N-ethyl adjacent to an activating group) is 1. The molecule has 1 amide bonds. The maximum absolute atomic E-state index is 13.0. The van der Waals surface area contributed by atoms with Crippen molar-refractivity contribution in [2.45, 2.75) is 386 Å². The summed E-state index contributed by atoms with van der Waals surface area (Å²) >= 11 is 0. The van der Waals surface area contributed by atoms with Crippen molar-refractivity contribution >= 4 is 13.7 Å². The van der Waals surface area contributed by atoms with E-state index >= 15 is 0 Å². The molecule has 0 spiro atoms. The van der Waals surface area contributed by atoms with Gasteiger partial charge >= 0.3 is 0 Å². The van der Waals surface area contributed by atoms with E-state index in [0.29, 0.717) is 17.4 Å². The highest BCUT2D eigenvalue weighted by Gasteiger charge is 2.23. The standard InChI is InChI=1S/C75H145N2O6P/c1-6-8-10-12-14-16-18-20-22-24-26-28-30-31-32-33-34-35-36-37-38-39-40-41-42-43-44-45-47-49-51-53-55-57-59-61-63-65-67-69-75(79)76-73(72-83-84(80,81)82-71-70-77(3,4)5)74(78)68-66-64-62-60-58-56-54-52-50-48-46-29-27-25-23-21-19-17-15-13-11-9-7-2/h18,20,24,26,58,60,66,68,73-74,78H,6-17,19,21-23,25,27-57,59,61-65,67,69-72H2,1-5H3,(H-,76,79,80,81)/b20-18-,26-24-,60-58+,68-66+. The number of hydrogen-bond acceptors (Lipinski definition) is 6. The van der Waals surface area contributed by atoms with Crippen molar-refractivity contribution in [2.24, 2.45) is 0 Å². The first-order chi connectivity index (χ1) is 41.0. The van der Waals surface area contributed by atoms with E-state index in [1.807, 2.05) is 27.2 Å². The molecule has 0 aromatic heterocycles. The Kier molecular flexibility index (Phi) is 64.7. The molecule has 0 aliphatic rings. The Hall–Kier alpha value is -1.54. The molecule has 0 saturated carbocycles. The Morgan fingerprint density at radius 1 is 0.417 bits per heavy atom. The Balaban J connectivity index is 3.96. The van der Waals surface area contributed by atoms with Crippen LogP contribution in [0.3, 0.4) is 0 Å². The van der Waals surface area contributed by atoms with E-state index in [9.17, 15) is 19.4 Å². The summed E-state index contributed by atoms with van der Waals surface area (Å²) in [4.78, 5) is 25.6. The number of rotatable bonds is 69. The molecule has 0 aliphatic carbocycles. The summed E-state index contributed by atoms with van der Waals surface area (Å²) in [6.45, 7) is 4.67. The highest BCUT2D eigenvalue weighted by atomic mass is 31.2. The van der Waals surface area contributed by atoms with Crippen LogP contribution < -0.4 is 10.2 Å². The minimum Gasteiger partial charge on any atom is -0.756 e. The monoisotopic (exact) mass is 1200 g/mol. The van der Waals surface area contributed by atoms with Gasteiger partial charge in [0, 0.05) is 6.42 Å². The topological polar surface area (TPSA) is 108 Å². The smallest absolute Gasteiger partial charge is 0.268 e. The minimum absolute atomic E-state index is 0.00465. The van der Waals surface area contributed by atoms with Gasteiger partial charge in [0.15, 0.2) is 0 Å². The Bertz CT molecular complexity index is 1510. The first kappa shape index (κ1) is 82.5. The lowest BCUT2D eigenvalue weighted by Crippen LogP contribution is -2.45. The van der Waals surface area contributed by atoms with Crippen LogP contribution in [0.5, 0.6) is 0 Å². The number of carbonyl (C=O) groups excluding carboxylic acids is 1. The number of amides is 1. The van der Waals surface area contributed by atoms with E-state index in [1.165, 1.54) is 308 Å². The van der Waals surface area contributed by atoms with Gasteiger partial charge in [-0.1, -0.05) is 351 Å². The van der Waals surface area contributed by atoms with Gasteiger partial charge in [0.1, 0.15) is 13.2 Å². The molecule has 3 unspecified atom stereocenters. The van der Waals surface area contributed by atoms with Gasteiger partial charge < -0.3 is 28.8 Å². The fourth-order valence-electron chi connectivity index (χ4n) is 11.3. The summed E-state index contributed by atoms with van der Waals surface area (Å²) in [5, 5.41) is 13.9. The van der Waals surface area contributed by atoms with E-state index in [4.69, 9.17) is 9.05 Å². The second kappa shape index (κ2) is 65.9. The van der Waals surface area contributed by atoms with Crippen LogP contribution in [0.2, 0.25) is 0 Å². The fourth-order valence-corrected chi connectivity index (χ4v) is 12.0. The summed E-state index contributed by atoms with van der Waals surface area (Å²) in [6, 6.07) is -0.904. The summed E-state index contributed by atoms with van der Waals surface area (Å²) in [5.74, 6) is -0.199. The van der Waals surface area contributed by atoms with Crippen molar-refractivity contribution in [3.63, 3.8) is 0 Å². The molecule has 0 bridgehead atoms. The fraction of sp³-hybridized carbons (Fsp3) is 0.880. The summed E-state index contributed by atoms with van der Waals surface area (Å²) in [7, 11) is 1.26. The number of unbranched alkanes of at least 4 members (excludes halogenated alkanes) is 50. The summed E-state index contributed by atoms with van der Waals surface area (Å²) in [6.07, 6.45) is 89.8. The van der Waals surface area contributed by atoms with E-state index in [-0.39, 0.29) is 19.1 Å². The van der Waals surface area contributed by atoms with Crippen LogP contribution in [0.15, 0.2) is 48.6 Å². The number of nitrogens with one attached hydrogen (secondary N) is 1. The number of quaternary nitrogens is 1. The molecular formula is C75H145N2O6P. The zero-order chi connectivity index (χ0) is 61.2. The lowest BCUT2D eigenvalue weighted by atomic mass is 10.0. The quantitative estimate of drug-likeness (QED) is 0.0272. The molecule has 0 heterocycles. The molecule has 9 heteroatoms. The predicted octanol–water partition coefficient (Wildman–Crippen LogP) is 23.2. The number of phosphoric acid groups is 1. The number of nitrogens with zero attached hydrogens (tertiary/aromatic N) is 1. The molecule has 2 N–H and O–H groups in total. The van der Waals surface area contributed by atoms with Crippen molar-refractivity contribution in [1.82, 2.24) is 5.32 Å². The van der Waals surface area contributed by atoms with Crippen molar-refractivity contribution in [3.8, 4) is 0 Å². The van der Waals surface area contributed by atoms with E-state index in [1.54, 1.807) is 6.08 Å². The van der Waals surface area contributed by atoms with Crippen LogP contribution in [-0.4, -0.2) is 68.5 Å². The lowest BCUT2D eigenvalue weighted by molar-refractivity contribution is -0.870. The minimum atomic E-state index is -4.61. The third kappa shape index (κ3) is 68.0. The van der Waals surface area contributed by atoms with Gasteiger partial charge in [-0.3, -0.25) is 9.36 Å². The normalized spacial score (nSPS) is 13.8. The first-order valence-electron chi connectivity index (χ1n) is 37.0. The number of hydrogen-bond donors (Lipinski definition) is 2. The first-order valence-corrected chi connectivity index (χ1v) is 38.5. The molecular weight excluding hydrogens is 1060 g/mol. The number of aliphatic hydroxyl groups is 1. The average Bonchev–Trinajstić information content (AvgIpc) is 3.56. The van der Waals surface area contributed by atoms with Crippen molar-refractivity contribution < 1.29 is 32.9 Å². The van der Waals surface area contributed by atoms with E-state index in [0.717, 1.165) is 44.9 Å². The van der Waals surface area contributed by atoms with E-state index in [2.05, 4.69) is 55.6 Å². The maximum atomic E-state index is 13.0. The molecule has 0 radical (unpaired) electrons. The number of carbonyl (C=O) groups is 1. The van der Waals surface area contributed by atoms with Crippen molar-refractivity contribution in [1.29, 1.82) is 0 Å². The molecule has 0 rings (SSSR count). The van der Waals surface area contributed by atoms with Crippen molar-refractivity contribution in [2.75, 3.05) is 40.9 Å². The van der Waals surface area contributed by atoms with Gasteiger partial charge in [-0.25, -0.2) is 0 Å². The van der Waals surface area contributed by atoms with Gasteiger partial charge in [-0.15, -0.1) is 0 Å². The Labute approximate surface area is 524 Å². The second-order valence-corrected chi connectivity index (χ2v) is 28.1. The highest BCUT2D eigenvalue weighted by molar-refractivity contribution is 7.45. The van der Waals surface area contributed by atoms with Gasteiger partial charge in [0.05, 0.1) is 39.9 Å². The zero-order valence-corrected chi connectivity index (χ0v) is 57.8. The number of phosphoric ester groups is 1. The van der Waals surface area contributed by atoms with Crippen LogP contribution in [-0.2, 0) is 18.4 Å². The molecule has 496 valence electrons. The number of aliphatic hydroxyl groups excluding tert-OH is 1. The van der Waals surface area contributed by atoms with Crippen LogP contribution >= 0.6 is 7.82 Å². The van der Waals surface area contributed by atoms with Crippen molar-refractivity contribution in [3.05, 3.63) is 48.6 Å². The Morgan fingerprint density at radius 2 is 0.702 bits per heavy atom. The largest absolute Gasteiger partial charge is 0.756 e. The molecule has 8 nitrogen and oxygen atoms in total. The van der Waals surface area contributed by atoms with E-state index < -0.39 is 20.0 Å². The SMILES string of the molecule is CCCCCCC/C=C\C/C=C\CCCCCCCCCCCCCCCCCCCCCCCCCCCCCC(=O)NC(COP(=O)([O-])OCC[N+](C)(C)C)C(O)/C=C/CC/C=C/CCCCCCCCCCCCCCCCCCC. The molecule has 0 aliphatic heterocycles. The molecule has 0 aromatic carbocycles. The highest BCUT2D eigenvalue weighted by Crippen LogP contribution is 2.38. The van der Waals surface area contributed by atoms with Gasteiger partial charge in [0.25, 0.3) is 7.82 Å². The average molecular weight is 1200 g/mol. The second-order valence-electron chi connectivity index (χ2n) is 26.6. The van der Waals surface area contributed by atoms with Gasteiger partial charge in [-0.2, -0.15) is 0 Å². The molecule has 3 atom stereocenters. The Morgan fingerprint density at radius 3 is 1.04 bits per heavy atom. The predicted molar refractivity (Wildman–Crippen MR) is 367 cm³/mol. The summed E-state index contributed by atoms with van der Waals surface area (Å²) < 4.78 is 23.4. The van der Waals surface area contributed by atoms with Gasteiger partial charge in [0.2, 0.25) is 5.91 Å². The zero-order valence-electron chi connectivity index (χ0n) is 56.9. The number of allylic oxidation sites excluding steroid dienone is 7. The summed E-state index contributed by atoms with van der Waals surface area (Å²) in [5.41, 5.74) is 0. The third-order valence-electron chi connectivity index (χ3n) is 17.0. The lowest BCUT2D eigenvalue weighted by Gasteiger charge is -2.29. The van der Waals surface area contributed by atoms with Crippen LogP contribution in [0, 0.1) is 0 Å². The van der Waals surface area contributed by atoms with Crippen LogP contribution in [0.1, 0.15) is 373 Å². The molecule has 84 heavy (non-hydrogen) atoms. The molecule has 0 aromatic rings. The molecule has 0 saturated heterocycles. The third-order valence-corrected chi connectivity index (χ3v) is 18.0.